The van der Waals surface area contributed by atoms with Gasteiger partial charge in [0.1, 0.15) is 4.91 Å². The van der Waals surface area contributed by atoms with E-state index in [4.69, 9.17) is 16.0 Å². The van der Waals surface area contributed by atoms with Gasteiger partial charge in [0, 0.05) is 34.0 Å². The van der Waals surface area contributed by atoms with Crippen LogP contribution in [0, 0.1) is 10.1 Å². The molecule has 0 bridgehead atoms. The average Bonchev–Trinajstić information content (AvgIpc) is 3.67. The minimum atomic E-state index is -1.18. The Hall–Kier alpha value is -5.45. The van der Waals surface area contributed by atoms with Crippen molar-refractivity contribution in [2.45, 2.75) is 5.22 Å². The molecular formula is C33H21ClN4O5S. The van der Waals surface area contributed by atoms with Crippen LogP contribution < -0.4 is 0 Å². The van der Waals surface area contributed by atoms with Crippen molar-refractivity contribution in [3.63, 3.8) is 0 Å². The van der Waals surface area contributed by atoms with E-state index in [1.165, 1.54) is 12.1 Å². The predicted molar refractivity (Wildman–Crippen MR) is 170 cm³/mol. The SMILES string of the molecule is O=C(O)/C(=C/c1cc(-c2ccccc2)n(-c2ccc([N+](=O)[O-])cc2)c1-c1ccccc1)Sc1nnc(-c2ccc(Cl)cc2)o1. The number of carboxylic acid groups (broad SMARTS) is 1. The molecule has 0 fully saturated rings. The molecule has 0 saturated heterocycles. The van der Waals surface area contributed by atoms with E-state index in [1.54, 1.807) is 42.5 Å². The number of rotatable bonds is 9. The van der Waals surface area contributed by atoms with E-state index in [0.29, 0.717) is 27.5 Å². The summed E-state index contributed by atoms with van der Waals surface area (Å²) in [5.41, 5.74) is 5.04. The Morgan fingerprint density at radius 2 is 1.50 bits per heavy atom. The standard InChI is InChI=1S/C33H21ClN4O5S/c34-25-13-11-23(12-14-25)31-35-36-33(43-31)44-29(32(39)40)20-24-19-28(21-7-3-1-4-8-21)37(30(24)22-9-5-2-6-10-22)26-15-17-27(18-16-26)38(41)42/h1-20H,(H,39,40)/b29-20-. The number of carbonyl (C=O) groups is 1. The van der Waals surface area contributed by atoms with Gasteiger partial charge < -0.3 is 14.1 Å². The molecule has 0 aliphatic carbocycles. The van der Waals surface area contributed by atoms with Crippen molar-refractivity contribution >= 4 is 41.1 Å². The van der Waals surface area contributed by atoms with Crippen LogP contribution >= 0.6 is 23.4 Å². The van der Waals surface area contributed by atoms with Gasteiger partial charge >= 0.3 is 5.97 Å². The number of aliphatic carboxylic acids is 1. The highest BCUT2D eigenvalue weighted by atomic mass is 35.5. The average molecular weight is 621 g/mol. The number of halogens is 1. The van der Waals surface area contributed by atoms with Crippen LogP contribution in [0.15, 0.2) is 130 Å². The number of nitro groups is 1. The lowest BCUT2D eigenvalue weighted by Crippen LogP contribution is -2.01. The van der Waals surface area contributed by atoms with Crippen molar-refractivity contribution in [3.05, 3.63) is 141 Å². The molecule has 0 saturated carbocycles. The Morgan fingerprint density at radius 1 is 0.864 bits per heavy atom. The molecule has 0 spiro atoms. The normalized spacial score (nSPS) is 11.4. The molecule has 216 valence electrons. The molecule has 1 N–H and O–H groups in total. The second-order valence-corrected chi connectivity index (χ2v) is 10.9. The summed E-state index contributed by atoms with van der Waals surface area (Å²) in [4.78, 5) is 23.4. The lowest BCUT2D eigenvalue weighted by Gasteiger charge is -2.15. The Morgan fingerprint density at radius 3 is 2.11 bits per heavy atom. The van der Waals surface area contributed by atoms with Gasteiger partial charge in [-0.15, -0.1) is 10.2 Å². The van der Waals surface area contributed by atoms with Crippen molar-refractivity contribution in [2.24, 2.45) is 0 Å². The van der Waals surface area contributed by atoms with Crippen LogP contribution in [0.5, 0.6) is 0 Å². The van der Waals surface area contributed by atoms with Crippen LogP contribution in [0.4, 0.5) is 5.69 Å². The fraction of sp³-hybridized carbons (Fsp3) is 0. The van der Waals surface area contributed by atoms with Crippen molar-refractivity contribution in [1.82, 2.24) is 14.8 Å². The summed E-state index contributed by atoms with van der Waals surface area (Å²) in [5, 5.41) is 30.3. The number of carboxylic acids is 1. The maximum Gasteiger partial charge on any atom is 0.342 e. The Labute approximate surface area is 260 Å². The summed E-state index contributed by atoms with van der Waals surface area (Å²) in [6.07, 6.45) is 1.57. The minimum absolute atomic E-state index is 0.0364. The van der Waals surface area contributed by atoms with Gasteiger partial charge in [-0.25, -0.2) is 4.79 Å². The Kier molecular flexibility index (Phi) is 8.09. The number of hydrogen-bond acceptors (Lipinski definition) is 7. The van der Waals surface area contributed by atoms with Crippen LogP contribution in [0.1, 0.15) is 5.56 Å². The first kappa shape index (κ1) is 28.7. The van der Waals surface area contributed by atoms with Gasteiger partial charge in [-0.05, 0) is 71.4 Å². The van der Waals surface area contributed by atoms with Gasteiger partial charge in [-0.1, -0.05) is 72.3 Å². The maximum absolute atomic E-state index is 12.5. The molecular weight excluding hydrogens is 600 g/mol. The topological polar surface area (TPSA) is 124 Å². The lowest BCUT2D eigenvalue weighted by atomic mass is 10.1. The molecule has 0 aliphatic rings. The Balaban J connectivity index is 1.51. The van der Waals surface area contributed by atoms with Crippen LogP contribution in [-0.2, 0) is 4.79 Å². The highest BCUT2D eigenvalue weighted by Gasteiger charge is 2.22. The fourth-order valence-electron chi connectivity index (χ4n) is 4.67. The summed E-state index contributed by atoms with van der Waals surface area (Å²) in [7, 11) is 0. The monoisotopic (exact) mass is 620 g/mol. The van der Waals surface area contributed by atoms with E-state index < -0.39 is 10.9 Å². The third-order valence-corrected chi connectivity index (χ3v) is 7.76. The molecule has 0 amide bonds. The molecule has 4 aromatic carbocycles. The maximum atomic E-state index is 12.5. The number of hydrogen-bond donors (Lipinski definition) is 1. The quantitative estimate of drug-likeness (QED) is 0.0737. The van der Waals surface area contributed by atoms with Crippen LogP contribution in [0.2, 0.25) is 5.02 Å². The smallest absolute Gasteiger partial charge is 0.342 e. The summed E-state index contributed by atoms with van der Waals surface area (Å²) in [6.45, 7) is 0. The first-order chi connectivity index (χ1) is 21.4. The van der Waals surface area contributed by atoms with Crippen LogP contribution in [-0.4, -0.2) is 30.8 Å². The predicted octanol–water partition coefficient (Wildman–Crippen LogP) is 8.64. The third-order valence-electron chi connectivity index (χ3n) is 6.66. The second kappa shape index (κ2) is 12.4. The zero-order chi connectivity index (χ0) is 30.6. The van der Waals surface area contributed by atoms with Crippen LogP contribution in [0.3, 0.4) is 0 Å². The lowest BCUT2D eigenvalue weighted by molar-refractivity contribution is -0.384. The zero-order valence-electron chi connectivity index (χ0n) is 22.7. The summed E-state index contributed by atoms with van der Waals surface area (Å²) >= 11 is 6.82. The third kappa shape index (κ3) is 6.03. The van der Waals surface area contributed by atoms with Gasteiger partial charge in [0.25, 0.3) is 10.9 Å². The highest BCUT2D eigenvalue weighted by Crippen LogP contribution is 2.39. The minimum Gasteiger partial charge on any atom is -0.477 e. The molecule has 6 rings (SSSR count). The van der Waals surface area contributed by atoms with E-state index >= 15 is 0 Å². The highest BCUT2D eigenvalue weighted by molar-refractivity contribution is 8.03. The molecule has 6 aromatic rings. The summed E-state index contributed by atoms with van der Waals surface area (Å²) < 4.78 is 7.74. The molecule has 2 heterocycles. The van der Waals surface area contributed by atoms with Crippen molar-refractivity contribution < 1.29 is 19.2 Å². The second-order valence-electron chi connectivity index (χ2n) is 9.47. The molecule has 9 nitrogen and oxygen atoms in total. The first-order valence-corrected chi connectivity index (χ1v) is 14.4. The fourth-order valence-corrected chi connectivity index (χ4v) is 5.46. The van der Waals surface area contributed by atoms with Gasteiger partial charge in [-0.3, -0.25) is 10.1 Å². The number of thioether (sulfide) groups is 1. The Bertz CT molecular complexity index is 1990. The van der Waals surface area contributed by atoms with E-state index in [9.17, 15) is 20.0 Å². The number of non-ortho nitro benzene ring substituents is 1. The van der Waals surface area contributed by atoms with Crippen molar-refractivity contribution in [2.75, 3.05) is 0 Å². The first-order valence-electron chi connectivity index (χ1n) is 13.2. The molecule has 0 radical (unpaired) electrons. The van der Waals surface area contributed by atoms with Gasteiger partial charge in [-0.2, -0.15) is 0 Å². The summed E-state index contributed by atoms with van der Waals surface area (Å²) in [6, 6.07) is 34.1. The van der Waals surface area contributed by atoms with Gasteiger partial charge in [0.2, 0.25) is 5.89 Å². The number of nitrogens with zero attached hydrogens (tertiary/aromatic N) is 4. The van der Waals surface area contributed by atoms with E-state index in [1.807, 2.05) is 71.3 Å². The van der Waals surface area contributed by atoms with Crippen molar-refractivity contribution in [1.29, 1.82) is 0 Å². The van der Waals surface area contributed by atoms with Crippen LogP contribution in [0.25, 0.3) is 45.7 Å². The van der Waals surface area contributed by atoms with E-state index in [2.05, 4.69) is 10.2 Å². The van der Waals surface area contributed by atoms with Crippen molar-refractivity contribution in [3.8, 4) is 39.7 Å². The number of benzene rings is 4. The van der Waals surface area contributed by atoms with E-state index in [-0.39, 0.29) is 21.7 Å². The largest absolute Gasteiger partial charge is 0.477 e. The molecule has 0 aliphatic heterocycles. The molecule has 11 heteroatoms. The molecule has 2 aromatic heterocycles. The zero-order valence-corrected chi connectivity index (χ0v) is 24.3. The molecule has 0 unspecified atom stereocenters. The van der Waals surface area contributed by atoms with E-state index in [0.717, 1.165) is 28.6 Å². The number of nitro benzene ring substituents is 1. The number of aromatic nitrogens is 3. The van der Waals surface area contributed by atoms with Gasteiger partial charge in [0.15, 0.2) is 0 Å². The molecule has 0 atom stereocenters. The summed E-state index contributed by atoms with van der Waals surface area (Å²) in [5.74, 6) is -0.945. The molecule has 44 heavy (non-hydrogen) atoms. The van der Waals surface area contributed by atoms with Gasteiger partial charge in [0.05, 0.1) is 16.3 Å².